The second kappa shape index (κ2) is 8.94. The molecule has 1 aliphatic rings. The summed E-state index contributed by atoms with van der Waals surface area (Å²) >= 11 is 0. The molecule has 0 saturated carbocycles. The molecule has 4 rings (SSSR count). The molecule has 0 N–H and O–H groups in total. The largest absolute Gasteiger partial charge is 0.493 e. The Kier molecular flexibility index (Phi) is 5.93. The van der Waals surface area contributed by atoms with Crippen molar-refractivity contribution in [2.24, 2.45) is 5.92 Å². The summed E-state index contributed by atoms with van der Waals surface area (Å²) in [5.74, 6) is 2.40. The lowest BCUT2D eigenvalue weighted by molar-refractivity contribution is 0.184. The predicted octanol–water partition coefficient (Wildman–Crippen LogP) is 5.25. The first-order valence-electron chi connectivity index (χ1n) is 9.80. The van der Waals surface area contributed by atoms with E-state index in [1.165, 1.54) is 11.1 Å². The van der Waals surface area contributed by atoms with E-state index in [9.17, 15) is 0 Å². The van der Waals surface area contributed by atoms with Crippen molar-refractivity contribution in [3.8, 4) is 11.5 Å². The standard InChI is InChI=1S/C25H26O3/c1-26-25-15-21(12-13-24(25)28-16-20-10-6-3-7-11-20)23-18-27-17-22(23)14-19-8-4-2-5-9-19/h2-13,15,22-23H,14,16-18H2,1H3. The second-order valence-electron chi connectivity index (χ2n) is 7.28. The Hall–Kier alpha value is -2.78. The van der Waals surface area contributed by atoms with Gasteiger partial charge in [0.25, 0.3) is 0 Å². The van der Waals surface area contributed by atoms with Crippen LogP contribution in [0.3, 0.4) is 0 Å². The lowest BCUT2D eigenvalue weighted by Crippen LogP contribution is -2.14. The molecule has 2 atom stereocenters. The molecular weight excluding hydrogens is 348 g/mol. The second-order valence-corrected chi connectivity index (χ2v) is 7.28. The van der Waals surface area contributed by atoms with Crippen molar-refractivity contribution >= 4 is 0 Å². The number of ether oxygens (including phenoxy) is 3. The Labute approximate surface area is 166 Å². The maximum atomic E-state index is 6.00. The highest BCUT2D eigenvalue weighted by atomic mass is 16.5. The Balaban J connectivity index is 1.48. The molecule has 1 heterocycles. The monoisotopic (exact) mass is 374 g/mol. The lowest BCUT2D eigenvalue weighted by atomic mass is 9.84. The molecule has 1 aliphatic heterocycles. The fraction of sp³-hybridized carbons (Fsp3) is 0.280. The van der Waals surface area contributed by atoms with Gasteiger partial charge in [0.05, 0.1) is 20.3 Å². The SMILES string of the molecule is COc1cc(C2COCC2Cc2ccccc2)ccc1OCc1ccccc1. The number of methoxy groups -OCH3 is 1. The number of hydrogen-bond acceptors (Lipinski definition) is 3. The average Bonchev–Trinajstić information content (AvgIpc) is 3.21. The summed E-state index contributed by atoms with van der Waals surface area (Å²) in [5, 5.41) is 0. The van der Waals surface area contributed by atoms with Gasteiger partial charge < -0.3 is 14.2 Å². The van der Waals surface area contributed by atoms with Crippen molar-refractivity contribution in [2.75, 3.05) is 20.3 Å². The third-order valence-electron chi connectivity index (χ3n) is 5.39. The molecule has 3 aromatic carbocycles. The molecule has 0 spiro atoms. The van der Waals surface area contributed by atoms with Crippen molar-refractivity contribution in [1.82, 2.24) is 0 Å². The molecule has 0 radical (unpaired) electrons. The van der Waals surface area contributed by atoms with E-state index in [1.807, 2.05) is 24.3 Å². The van der Waals surface area contributed by atoms with Crippen molar-refractivity contribution in [2.45, 2.75) is 18.9 Å². The highest BCUT2D eigenvalue weighted by molar-refractivity contribution is 5.44. The summed E-state index contributed by atoms with van der Waals surface area (Å²) in [6.07, 6.45) is 1.03. The van der Waals surface area contributed by atoms with Crippen molar-refractivity contribution in [3.63, 3.8) is 0 Å². The minimum Gasteiger partial charge on any atom is -0.493 e. The topological polar surface area (TPSA) is 27.7 Å². The maximum Gasteiger partial charge on any atom is 0.161 e. The van der Waals surface area contributed by atoms with Crippen LogP contribution in [0.1, 0.15) is 22.6 Å². The van der Waals surface area contributed by atoms with Gasteiger partial charge in [0, 0.05) is 5.92 Å². The zero-order chi connectivity index (χ0) is 19.2. The first-order valence-corrected chi connectivity index (χ1v) is 9.80. The molecule has 1 fully saturated rings. The lowest BCUT2D eigenvalue weighted by Gasteiger charge is -2.20. The summed E-state index contributed by atoms with van der Waals surface area (Å²) in [4.78, 5) is 0. The molecule has 1 saturated heterocycles. The normalized spacial score (nSPS) is 18.8. The number of hydrogen-bond donors (Lipinski definition) is 0. The molecule has 0 bridgehead atoms. The van der Waals surface area contributed by atoms with E-state index in [1.54, 1.807) is 7.11 Å². The number of rotatable bonds is 7. The van der Waals surface area contributed by atoms with Crippen LogP contribution < -0.4 is 9.47 Å². The van der Waals surface area contributed by atoms with Crippen LogP contribution in [-0.2, 0) is 17.8 Å². The van der Waals surface area contributed by atoms with Crippen LogP contribution >= 0.6 is 0 Å². The summed E-state index contributed by atoms with van der Waals surface area (Å²) in [6, 6.07) is 27.1. The molecule has 28 heavy (non-hydrogen) atoms. The zero-order valence-electron chi connectivity index (χ0n) is 16.2. The fourth-order valence-corrected chi connectivity index (χ4v) is 3.85. The van der Waals surface area contributed by atoms with Crippen LogP contribution in [0.4, 0.5) is 0 Å². The highest BCUT2D eigenvalue weighted by Crippen LogP contribution is 2.38. The molecule has 3 heteroatoms. The average molecular weight is 374 g/mol. The summed E-state index contributed by atoms with van der Waals surface area (Å²) in [7, 11) is 1.70. The Morgan fingerprint density at radius 2 is 1.54 bits per heavy atom. The van der Waals surface area contributed by atoms with E-state index in [0.29, 0.717) is 18.4 Å². The molecule has 0 aliphatic carbocycles. The van der Waals surface area contributed by atoms with E-state index in [-0.39, 0.29) is 0 Å². The molecule has 0 amide bonds. The van der Waals surface area contributed by atoms with Crippen molar-refractivity contribution in [1.29, 1.82) is 0 Å². The van der Waals surface area contributed by atoms with Gasteiger partial charge in [-0.3, -0.25) is 0 Å². The van der Waals surface area contributed by atoms with Crippen LogP contribution in [0, 0.1) is 5.92 Å². The Morgan fingerprint density at radius 3 is 2.25 bits per heavy atom. The van der Waals surface area contributed by atoms with Crippen molar-refractivity contribution < 1.29 is 14.2 Å². The first-order chi connectivity index (χ1) is 13.8. The Morgan fingerprint density at radius 1 is 0.821 bits per heavy atom. The Bertz CT molecular complexity index is 877. The quantitative estimate of drug-likeness (QED) is 0.565. The van der Waals surface area contributed by atoms with Crippen LogP contribution in [0.25, 0.3) is 0 Å². The highest BCUT2D eigenvalue weighted by Gasteiger charge is 2.30. The molecule has 3 aromatic rings. The van der Waals surface area contributed by atoms with E-state index in [2.05, 4.69) is 54.6 Å². The smallest absolute Gasteiger partial charge is 0.161 e. The van der Waals surface area contributed by atoms with Crippen LogP contribution in [0.2, 0.25) is 0 Å². The molecule has 3 nitrogen and oxygen atoms in total. The van der Waals surface area contributed by atoms with E-state index in [4.69, 9.17) is 14.2 Å². The van der Waals surface area contributed by atoms with Crippen molar-refractivity contribution in [3.05, 3.63) is 95.6 Å². The zero-order valence-corrected chi connectivity index (χ0v) is 16.2. The van der Waals surface area contributed by atoms with Gasteiger partial charge >= 0.3 is 0 Å². The van der Waals surface area contributed by atoms with Gasteiger partial charge in [0.2, 0.25) is 0 Å². The van der Waals surface area contributed by atoms with Gasteiger partial charge in [-0.15, -0.1) is 0 Å². The summed E-state index contributed by atoms with van der Waals surface area (Å²) < 4.78 is 17.5. The van der Waals surface area contributed by atoms with Gasteiger partial charge in [0.15, 0.2) is 11.5 Å². The number of benzene rings is 3. The van der Waals surface area contributed by atoms with Gasteiger partial charge in [0.1, 0.15) is 6.61 Å². The van der Waals surface area contributed by atoms with Gasteiger partial charge in [-0.2, -0.15) is 0 Å². The van der Waals surface area contributed by atoms with E-state index >= 15 is 0 Å². The summed E-state index contributed by atoms with van der Waals surface area (Å²) in [6.45, 7) is 2.08. The molecule has 144 valence electrons. The van der Waals surface area contributed by atoms with E-state index < -0.39 is 0 Å². The third-order valence-corrected chi connectivity index (χ3v) is 5.39. The third kappa shape index (κ3) is 4.37. The fourth-order valence-electron chi connectivity index (χ4n) is 3.85. The minimum atomic E-state index is 0.372. The van der Waals surface area contributed by atoms with Crippen LogP contribution in [-0.4, -0.2) is 20.3 Å². The van der Waals surface area contributed by atoms with E-state index in [0.717, 1.165) is 36.7 Å². The van der Waals surface area contributed by atoms with Gasteiger partial charge in [-0.25, -0.2) is 0 Å². The molecular formula is C25H26O3. The minimum absolute atomic E-state index is 0.372. The summed E-state index contributed by atoms with van der Waals surface area (Å²) in [5.41, 5.74) is 3.75. The molecule has 0 aromatic heterocycles. The predicted molar refractivity (Wildman–Crippen MR) is 111 cm³/mol. The van der Waals surface area contributed by atoms with Gasteiger partial charge in [-0.1, -0.05) is 66.7 Å². The molecule has 2 unspecified atom stereocenters. The maximum absolute atomic E-state index is 6.00. The van der Waals surface area contributed by atoms with Gasteiger partial charge in [-0.05, 0) is 41.2 Å². The van der Waals surface area contributed by atoms with Crippen LogP contribution in [0.5, 0.6) is 11.5 Å². The first kappa shape index (κ1) is 18.6. The van der Waals surface area contributed by atoms with Crippen LogP contribution in [0.15, 0.2) is 78.9 Å².